The molecule has 144 valence electrons. The van der Waals surface area contributed by atoms with Crippen molar-refractivity contribution in [1.82, 2.24) is 10.2 Å². The molecule has 1 N–H and O–H groups in total. The van der Waals surface area contributed by atoms with Crippen LogP contribution in [0.2, 0.25) is 0 Å². The predicted molar refractivity (Wildman–Crippen MR) is 110 cm³/mol. The largest absolute Gasteiger partial charge is 0.355 e. The SMILES string of the molecule is CCNC(=O)[C@H](C)N(CCc1ccccc1)C(=O)Cc1cc(C)ccc1C. The van der Waals surface area contributed by atoms with Gasteiger partial charge in [0.05, 0.1) is 6.42 Å². The molecule has 2 aromatic carbocycles. The number of carbonyl (C=O) groups excluding carboxylic acids is 2. The van der Waals surface area contributed by atoms with Crippen LogP contribution in [-0.4, -0.2) is 35.8 Å². The zero-order chi connectivity index (χ0) is 19.8. The van der Waals surface area contributed by atoms with Gasteiger partial charge < -0.3 is 10.2 Å². The Hall–Kier alpha value is -2.62. The third-order valence-electron chi connectivity index (χ3n) is 4.85. The average Bonchev–Trinajstić information content (AvgIpc) is 2.65. The minimum Gasteiger partial charge on any atom is -0.355 e. The van der Waals surface area contributed by atoms with E-state index in [0.29, 0.717) is 19.5 Å². The minimum absolute atomic E-state index is 0.0154. The van der Waals surface area contributed by atoms with Crippen molar-refractivity contribution in [3.63, 3.8) is 0 Å². The van der Waals surface area contributed by atoms with Gasteiger partial charge >= 0.3 is 0 Å². The van der Waals surface area contributed by atoms with E-state index in [4.69, 9.17) is 0 Å². The fourth-order valence-corrected chi connectivity index (χ4v) is 3.15. The summed E-state index contributed by atoms with van der Waals surface area (Å²) in [6.45, 7) is 8.81. The summed E-state index contributed by atoms with van der Waals surface area (Å²) in [5, 5.41) is 2.83. The van der Waals surface area contributed by atoms with Crippen molar-refractivity contribution in [3.05, 3.63) is 70.8 Å². The van der Waals surface area contributed by atoms with Crippen molar-refractivity contribution in [3.8, 4) is 0 Å². The van der Waals surface area contributed by atoms with Crippen LogP contribution in [0.3, 0.4) is 0 Å². The number of aryl methyl sites for hydroxylation is 2. The Kier molecular flexibility index (Phi) is 7.59. The lowest BCUT2D eigenvalue weighted by molar-refractivity contribution is -0.139. The summed E-state index contributed by atoms with van der Waals surface area (Å²) in [6.07, 6.45) is 1.04. The van der Waals surface area contributed by atoms with Gasteiger partial charge in [-0.15, -0.1) is 0 Å². The molecule has 0 bridgehead atoms. The van der Waals surface area contributed by atoms with Crippen LogP contribution >= 0.6 is 0 Å². The van der Waals surface area contributed by atoms with Crippen LogP contribution in [0.1, 0.15) is 36.1 Å². The van der Waals surface area contributed by atoms with E-state index in [9.17, 15) is 9.59 Å². The van der Waals surface area contributed by atoms with Crippen molar-refractivity contribution in [2.75, 3.05) is 13.1 Å². The van der Waals surface area contributed by atoms with Gasteiger partial charge in [-0.2, -0.15) is 0 Å². The number of rotatable bonds is 8. The Bertz CT molecular complexity index is 771. The Labute approximate surface area is 162 Å². The Morgan fingerprint density at radius 3 is 2.44 bits per heavy atom. The van der Waals surface area contributed by atoms with Crippen molar-refractivity contribution < 1.29 is 9.59 Å². The zero-order valence-electron chi connectivity index (χ0n) is 16.8. The van der Waals surface area contributed by atoms with Gasteiger partial charge in [0, 0.05) is 13.1 Å². The first-order valence-electron chi connectivity index (χ1n) is 9.59. The molecule has 0 aromatic heterocycles. The highest BCUT2D eigenvalue weighted by atomic mass is 16.2. The molecule has 0 saturated carbocycles. The van der Waals surface area contributed by atoms with E-state index in [2.05, 4.69) is 11.4 Å². The smallest absolute Gasteiger partial charge is 0.242 e. The van der Waals surface area contributed by atoms with Crippen molar-refractivity contribution >= 4 is 11.8 Å². The van der Waals surface area contributed by atoms with Crippen molar-refractivity contribution in [1.29, 1.82) is 0 Å². The van der Waals surface area contributed by atoms with Crippen LogP contribution in [0.25, 0.3) is 0 Å². The Balaban J connectivity index is 2.17. The van der Waals surface area contributed by atoms with Gasteiger partial charge in [0.1, 0.15) is 6.04 Å². The van der Waals surface area contributed by atoms with Crippen molar-refractivity contribution in [2.24, 2.45) is 0 Å². The van der Waals surface area contributed by atoms with E-state index in [1.165, 1.54) is 0 Å². The molecule has 0 aliphatic carbocycles. The number of hydrogen-bond acceptors (Lipinski definition) is 2. The molecular weight excluding hydrogens is 336 g/mol. The van der Waals surface area contributed by atoms with E-state index in [-0.39, 0.29) is 11.8 Å². The molecule has 0 spiro atoms. The second-order valence-electron chi connectivity index (χ2n) is 7.00. The van der Waals surface area contributed by atoms with Gasteiger partial charge in [-0.3, -0.25) is 9.59 Å². The van der Waals surface area contributed by atoms with E-state index < -0.39 is 6.04 Å². The predicted octanol–water partition coefficient (Wildman–Crippen LogP) is 3.44. The van der Waals surface area contributed by atoms with Gasteiger partial charge in [0.25, 0.3) is 0 Å². The summed E-state index contributed by atoms with van der Waals surface area (Å²) < 4.78 is 0. The van der Waals surface area contributed by atoms with Gasteiger partial charge in [-0.1, -0.05) is 54.1 Å². The number of nitrogens with zero attached hydrogens (tertiary/aromatic N) is 1. The second-order valence-corrected chi connectivity index (χ2v) is 7.00. The van der Waals surface area contributed by atoms with Crippen LogP contribution in [0.15, 0.2) is 48.5 Å². The lowest BCUT2D eigenvalue weighted by Crippen LogP contribution is -2.49. The van der Waals surface area contributed by atoms with Crippen LogP contribution < -0.4 is 5.32 Å². The number of nitrogens with one attached hydrogen (secondary N) is 1. The molecule has 2 amide bonds. The third-order valence-corrected chi connectivity index (χ3v) is 4.85. The van der Waals surface area contributed by atoms with Gasteiger partial charge in [-0.25, -0.2) is 0 Å². The first kappa shape index (κ1) is 20.7. The molecule has 4 heteroatoms. The molecule has 2 rings (SSSR count). The van der Waals surface area contributed by atoms with Gasteiger partial charge in [-0.05, 0) is 50.8 Å². The first-order valence-corrected chi connectivity index (χ1v) is 9.59. The highest BCUT2D eigenvalue weighted by molar-refractivity contribution is 5.88. The highest BCUT2D eigenvalue weighted by Crippen LogP contribution is 2.14. The summed E-state index contributed by atoms with van der Waals surface area (Å²) in [7, 11) is 0. The number of hydrogen-bond donors (Lipinski definition) is 1. The monoisotopic (exact) mass is 366 g/mol. The summed E-state index contributed by atoms with van der Waals surface area (Å²) in [4.78, 5) is 27.2. The lowest BCUT2D eigenvalue weighted by Gasteiger charge is -2.29. The van der Waals surface area contributed by atoms with E-state index in [0.717, 1.165) is 28.7 Å². The molecule has 1 atom stereocenters. The number of carbonyl (C=O) groups is 2. The molecule has 0 aliphatic heterocycles. The molecule has 27 heavy (non-hydrogen) atoms. The molecule has 0 radical (unpaired) electrons. The van der Waals surface area contributed by atoms with Crippen molar-refractivity contribution in [2.45, 2.75) is 46.6 Å². The molecular formula is C23H30N2O2. The van der Waals surface area contributed by atoms with Crippen LogP contribution in [0.5, 0.6) is 0 Å². The van der Waals surface area contributed by atoms with Gasteiger partial charge in [0.2, 0.25) is 11.8 Å². The second kappa shape index (κ2) is 9.91. The first-order chi connectivity index (χ1) is 12.9. The van der Waals surface area contributed by atoms with Crippen LogP contribution in [0, 0.1) is 13.8 Å². The molecule has 0 unspecified atom stereocenters. The van der Waals surface area contributed by atoms with Crippen LogP contribution in [-0.2, 0) is 22.4 Å². The summed E-state index contributed by atoms with van der Waals surface area (Å²) in [5.41, 5.74) is 4.41. The normalized spacial score (nSPS) is 11.7. The summed E-state index contributed by atoms with van der Waals surface area (Å²) in [6, 6.07) is 15.7. The highest BCUT2D eigenvalue weighted by Gasteiger charge is 2.25. The molecule has 0 aliphatic rings. The zero-order valence-corrected chi connectivity index (χ0v) is 16.8. The third kappa shape index (κ3) is 5.95. The lowest BCUT2D eigenvalue weighted by atomic mass is 10.0. The Morgan fingerprint density at radius 2 is 1.78 bits per heavy atom. The molecule has 0 saturated heterocycles. The Morgan fingerprint density at radius 1 is 1.07 bits per heavy atom. The maximum absolute atomic E-state index is 13.1. The average molecular weight is 367 g/mol. The summed E-state index contributed by atoms with van der Waals surface area (Å²) in [5.74, 6) is -0.127. The van der Waals surface area contributed by atoms with Crippen LogP contribution in [0.4, 0.5) is 0 Å². The topological polar surface area (TPSA) is 49.4 Å². The summed E-state index contributed by atoms with van der Waals surface area (Å²) >= 11 is 0. The molecule has 0 fully saturated rings. The number of likely N-dealkylation sites (N-methyl/N-ethyl adjacent to an activating group) is 1. The number of amides is 2. The van der Waals surface area contributed by atoms with Gasteiger partial charge in [0.15, 0.2) is 0 Å². The quantitative estimate of drug-likeness (QED) is 0.778. The van der Waals surface area contributed by atoms with E-state index >= 15 is 0 Å². The fourth-order valence-electron chi connectivity index (χ4n) is 3.15. The maximum Gasteiger partial charge on any atom is 0.242 e. The van der Waals surface area contributed by atoms with E-state index in [1.54, 1.807) is 11.8 Å². The molecule has 4 nitrogen and oxygen atoms in total. The molecule has 0 heterocycles. The minimum atomic E-state index is -0.494. The number of benzene rings is 2. The molecule has 2 aromatic rings. The standard InChI is InChI=1S/C23H30N2O2/c1-5-24-23(27)19(4)25(14-13-20-9-7-6-8-10-20)22(26)16-21-15-17(2)11-12-18(21)3/h6-12,15,19H,5,13-14,16H2,1-4H3,(H,24,27)/t19-/m0/s1. The van der Waals surface area contributed by atoms with E-state index in [1.807, 2.05) is 63.2 Å². The fraction of sp³-hybridized carbons (Fsp3) is 0.391. The maximum atomic E-state index is 13.1.